The first-order chi connectivity index (χ1) is 9.74. The zero-order valence-electron chi connectivity index (χ0n) is 12.9. The summed E-state index contributed by atoms with van der Waals surface area (Å²) in [6.07, 6.45) is 4.96. The van der Waals surface area contributed by atoms with Gasteiger partial charge in [-0.05, 0) is 32.4 Å². The summed E-state index contributed by atoms with van der Waals surface area (Å²) in [5.41, 5.74) is 3.31. The number of guanidine groups is 1. The Morgan fingerprint density at radius 3 is 2.62 bits per heavy atom. The smallest absolute Gasteiger partial charge is 0.191 e. The maximum Gasteiger partial charge on any atom is 0.191 e. The number of rotatable bonds is 5. The molecule has 0 amide bonds. The number of pyridine rings is 1. The van der Waals surface area contributed by atoms with E-state index in [-0.39, 0.29) is 24.0 Å². The van der Waals surface area contributed by atoms with Crippen LogP contribution in [0.25, 0.3) is 5.65 Å². The van der Waals surface area contributed by atoms with Crippen molar-refractivity contribution in [2.75, 3.05) is 19.6 Å². The summed E-state index contributed by atoms with van der Waals surface area (Å²) < 4.78 is 2.07. The van der Waals surface area contributed by atoms with E-state index in [2.05, 4.69) is 58.0 Å². The molecule has 2 aromatic heterocycles. The van der Waals surface area contributed by atoms with Crippen LogP contribution in [0.4, 0.5) is 0 Å². The second-order valence-corrected chi connectivity index (χ2v) is 4.70. The first-order valence-corrected chi connectivity index (χ1v) is 7.20. The van der Waals surface area contributed by atoms with Gasteiger partial charge in [-0.1, -0.05) is 6.07 Å². The predicted molar refractivity (Wildman–Crippen MR) is 98.7 cm³/mol. The molecule has 2 heterocycles. The number of aromatic nitrogens is 2. The second-order valence-electron chi connectivity index (χ2n) is 4.70. The molecule has 6 heteroatoms. The van der Waals surface area contributed by atoms with E-state index in [1.165, 1.54) is 5.56 Å². The number of aryl methyl sites for hydroxylation is 1. The van der Waals surface area contributed by atoms with Crippen LogP contribution in [0.2, 0.25) is 0 Å². The molecular formula is C15H24IN5. The number of aliphatic imine (C=N–C) groups is 1. The third-order valence-electron chi connectivity index (χ3n) is 3.05. The maximum absolute atomic E-state index is 4.65. The lowest BCUT2D eigenvalue weighted by atomic mass is 10.3. The van der Waals surface area contributed by atoms with Crippen LogP contribution >= 0.6 is 24.0 Å². The molecule has 0 fully saturated rings. The van der Waals surface area contributed by atoms with Crippen LogP contribution in [0.15, 0.2) is 29.5 Å². The van der Waals surface area contributed by atoms with Gasteiger partial charge in [0.15, 0.2) is 5.96 Å². The highest BCUT2D eigenvalue weighted by Gasteiger charge is 2.03. The summed E-state index contributed by atoms with van der Waals surface area (Å²) in [5.74, 6) is 0.870. The summed E-state index contributed by atoms with van der Waals surface area (Å²) in [5, 5.41) is 6.44. The van der Waals surface area contributed by atoms with E-state index in [1.807, 2.05) is 12.3 Å². The fraction of sp³-hybridized carbons (Fsp3) is 0.467. The highest BCUT2D eigenvalue weighted by Crippen LogP contribution is 2.10. The van der Waals surface area contributed by atoms with Crippen molar-refractivity contribution in [3.05, 3.63) is 35.8 Å². The molecule has 2 aromatic rings. The van der Waals surface area contributed by atoms with E-state index in [1.54, 1.807) is 0 Å². The number of halogens is 1. The number of nitrogens with zero attached hydrogens (tertiary/aromatic N) is 3. The Bertz CT molecular complexity index is 583. The lowest BCUT2D eigenvalue weighted by molar-refractivity contribution is 0.829. The minimum Gasteiger partial charge on any atom is -0.357 e. The van der Waals surface area contributed by atoms with Crippen LogP contribution in [0.1, 0.15) is 25.1 Å². The zero-order valence-corrected chi connectivity index (χ0v) is 15.2. The Balaban J connectivity index is 0.00000220. The van der Waals surface area contributed by atoms with E-state index in [0.29, 0.717) is 0 Å². The Labute approximate surface area is 143 Å². The van der Waals surface area contributed by atoms with Gasteiger partial charge in [0.25, 0.3) is 0 Å². The summed E-state index contributed by atoms with van der Waals surface area (Å²) in [4.78, 5) is 9.19. The molecule has 0 aliphatic carbocycles. The number of imidazole rings is 1. The van der Waals surface area contributed by atoms with Crippen LogP contribution in [-0.4, -0.2) is 35.0 Å². The Kier molecular flexibility index (Phi) is 7.49. The van der Waals surface area contributed by atoms with Crippen molar-refractivity contribution in [1.29, 1.82) is 0 Å². The van der Waals surface area contributed by atoms with E-state index in [4.69, 9.17) is 0 Å². The molecular weight excluding hydrogens is 377 g/mol. The molecule has 0 radical (unpaired) electrons. The summed E-state index contributed by atoms with van der Waals surface area (Å²) in [6, 6.07) is 4.12. The molecule has 0 saturated carbocycles. The standard InChI is InChI=1S/C15H23N5.HI/c1-4-16-15(17-5-2)18-9-8-13-11-20-10-6-7-12(3)14(20)19-13;/h6-7,10-11H,4-5,8-9H2,1-3H3,(H2,16,17,18);1H. The van der Waals surface area contributed by atoms with Crippen LogP contribution < -0.4 is 10.6 Å². The highest BCUT2D eigenvalue weighted by molar-refractivity contribution is 14.0. The van der Waals surface area contributed by atoms with Crippen LogP contribution in [0.3, 0.4) is 0 Å². The quantitative estimate of drug-likeness (QED) is 0.460. The normalized spacial score (nSPS) is 10.0. The molecule has 116 valence electrons. The third kappa shape index (κ3) is 4.87. The average molecular weight is 401 g/mol. The van der Waals surface area contributed by atoms with E-state index < -0.39 is 0 Å². The lowest BCUT2D eigenvalue weighted by Crippen LogP contribution is -2.37. The van der Waals surface area contributed by atoms with E-state index >= 15 is 0 Å². The summed E-state index contributed by atoms with van der Waals surface area (Å²) in [7, 11) is 0. The van der Waals surface area contributed by atoms with Gasteiger partial charge in [0, 0.05) is 38.4 Å². The topological polar surface area (TPSA) is 53.7 Å². The van der Waals surface area contributed by atoms with E-state index in [0.717, 1.165) is 43.4 Å². The van der Waals surface area contributed by atoms with Gasteiger partial charge in [-0.25, -0.2) is 4.98 Å². The zero-order chi connectivity index (χ0) is 14.4. The molecule has 2 N–H and O–H groups in total. The predicted octanol–water partition coefficient (Wildman–Crippen LogP) is 2.38. The van der Waals surface area contributed by atoms with Crippen molar-refractivity contribution in [3.63, 3.8) is 0 Å². The van der Waals surface area contributed by atoms with Crippen LogP contribution in [0.5, 0.6) is 0 Å². The molecule has 0 saturated heterocycles. The molecule has 21 heavy (non-hydrogen) atoms. The second kappa shape index (κ2) is 8.86. The van der Waals surface area contributed by atoms with Gasteiger partial charge in [-0.3, -0.25) is 4.99 Å². The molecule has 0 bridgehead atoms. The van der Waals surface area contributed by atoms with Crippen molar-refractivity contribution in [2.45, 2.75) is 27.2 Å². The fourth-order valence-electron chi connectivity index (χ4n) is 2.12. The summed E-state index contributed by atoms with van der Waals surface area (Å²) >= 11 is 0. The molecule has 0 spiro atoms. The van der Waals surface area contributed by atoms with Crippen molar-refractivity contribution >= 4 is 35.6 Å². The first kappa shape index (κ1) is 17.7. The monoisotopic (exact) mass is 401 g/mol. The van der Waals surface area contributed by atoms with Crippen LogP contribution in [0, 0.1) is 6.92 Å². The average Bonchev–Trinajstić information content (AvgIpc) is 2.84. The molecule has 0 aliphatic heterocycles. The van der Waals surface area contributed by atoms with Gasteiger partial charge in [0.2, 0.25) is 0 Å². The van der Waals surface area contributed by atoms with Crippen molar-refractivity contribution in [3.8, 4) is 0 Å². The third-order valence-corrected chi connectivity index (χ3v) is 3.05. The largest absolute Gasteiger partial charge is 0.357 e. The SMILES string of the molecule is CCNC(=NCCc1cn2cccc(C)c2n1)NCC.I. The van der Waals surface area contributed by atoms with Gasteiger partial charge in [0.05, 0.1) is 5.69 Å². The van der Waals surface area contributed by atoms with E-state index in [9.17, 15) is 0 Å². The van der Waals surface area contributed by atoms with Crippen LogP contribution in [-0.2, 0) is 6.42 Å². The Morgan fingerprint density at radius 2 is 2.00 bits per heavy atom. The van der Waals surface area contributed by atoms with Gasteiger partial charge in [-0.2, -0.15) is 0 Å². The Hall–Kier alpha value is -1.31. The number of hydrogen-bond donors (Lipinski definition) is 2. The number of hydrogen-bond acceptors (Lipinski definition) is 2. The van der Waals surface area contributed by atoms with Gasteiger partial charge >= 0.3 is 0 Å². The molecule has 2 rings (SSSR count). The molecule has 0 aliphatic rings. The number of fused-ring (bicyclic) bond motifs is 1. The molecule has 0 atom stereocenters. The first-order valence-electron chi connectivity index (χ1n) is 7.20. The minimum absolute atomic E-state index is 0. The number of nitrogens with one attached hydrogen (secondary N) is 2. The Morgan fingerprint density at radius 1 is 1.29 bits per heavy atom. The fourth-order valence-corrected chi connectivity index (χ4v) is 2.12. The minimum atomic E-state index is 0. The molecule has 0 unspecified atom stereocenters. The molecule has 5 nitrogen and oxygen atoms in total. The lowest BCUT2D eigenvalue weighted by Gasteiger charge is -2.08. The van der Waals surface area contributed by atoms with Gasteiger partial charge < -0.3 is 15.0 Å². The maximum atomic E-state index is 4.65. The highest BCUT2D eigenvalue weighted by atomic mass is 127. The van der Waals surface area contributed by atoms with Gasteiger partial charge in [-0.15, -0.1) is 24.0 Å². The van der Waals surface area contributed by atoms with Crippen molar-refractivity contribution in [2.24, 2.45) is 4.99 Å². The molecule has 0 aromatic carbocycles. The van der Waals surface area contributed by atoms with Gasteiger partial charge in [0.1, 0.15) is 5.65 Å². The summed E-state index contributed by atoms with van der Waals surface area (Å²) in [6.45, 7) is 8.70. The van der Waals surface area contributed by atoms with Crippen molar-refractivity contribution < 1.29 is 0 Å². The van der Waals surface area contributed by atoms with Crippen molar-refractivity contribution in [1.82, 2.24) is 20.0 Å².